The van der Waals surface area contributed by atoms with E-state index in [4.69, 9.17) is 4.74 Å². The normalized spacial score (nSPS) is 21.8. The first-order valence-electron chi connectivity index (χ1n) is 10.1. The number of amides is 1. The van der Waals surface area contributed by atoms with Gasteiger partial charge in [0.1, 0.15) is 23.4 Å². The van der Waals surface area contributed by atoms with Crippen LogP contribution in [-0.2, 0) is 9.59 Å². The number of ketones is 1. The third-order valence-corrected chi connectivity index (χ3v) is 5.83. The van der Waals surface area contributed by atoms with Crippen molar-refractivity contribution < 1.29 is 23.8 Å². The second kappa shape index (κ2) is 8.26. The van der Waals surface area contributed by atoms with Gasteiger partial charge in [-0.25, -0.2) is 4.39 Å². The zero-order valence-electron chi connectivity index (χ0n) is 16.7. The Balaban J connectivity index is 1.91. The molecular weight excluding hydrogens is 387 g/mol. The van der Waals surface area contributed by atoms with Gasteiger partial charge in [-0.15, -0.1) is 0 Å². The number of aliphatic hydroxyl groups is 1. The van der Waals surface area contributed by atoms with Crippen LogP contribution in [0.15, 0.2) is 48.2 Å². The van der Waals surface area contributed by atoms with E-state index >= 15 is 0 Å². The first-order valence-corrected chi connectivity index (χ1v) is 10.1. The molecule has 0 spiro atoms. The van der Waals surface area contributed by atoms with Gasteiger partial charge >= 0.3 is 0 Å². The van der Waals surface area contributed by atoms with Crippen molar-refractivity contribution in [3.05, 3.63) is 65.2 Å². The van der Waals surface area contributed by atoms with Crippen LogP contribution in [0.2, 0.25) is 0 Å². The number of methoxy groups -OCH3 is 1. The molecule has 2 aromatic rings. The number of halogens is 1. The number of aliphatic hydroxyl groups excluding tert-OH is 1. The second-order valence-corrected chi connectivity index (χ2v) is 7.60. The van der Waals surface area contributed by atoms with Gasteiger partial charge in [0, 0.05) is 12.2 Å². The number of likely N-dealkylation sites (tertiary alicyclic amines) is 1. The molecule has 30 heavy (non-hydrogen) atoms. The Morgan fingerprint density at radius 3 is 2.60 bits per heavy atom. The van der Waals surface area contributed by atoms with Gasteiger partial charge in [-0.2, -0.15) is 0 Å². The van der Waals surface area contributed by atoms with Gasteiger partial charge in [-0.3, -0.25) is 14.6 Å². The Labute approximate surface area is 174 Å². The molecule has 0 radical (unpaired) electrons. The van der Waals surface area contributed by atoms with Crippen LogP contribution in [-0.4, -0.2) is 39.8 Å². The standard InChI is InChI=1S/C23H23FN2O4/c1-30-18-11-10-14(24)13-16(18)21(27)19-20(17-9-5-6-12-25-17)26(23(29)22(19)28)15-7-3-2-4-8-15/h5-6,9-13,15,20,27H,2-4,7-8H2,1H3/b21-19+. The molecule has 6 nitrogen and oxygen atoms in total. The lowest BCUT2D eigenvalue weighted by atomic mass is 9.92. The summed E-state index contributed by atoms with van der Waals surface area (Å²) in [5.74, 6) is -2.29. The van der Waals surface area contributed by atoms with Gasteiger partial charge in [-0.05, 0) is 43.2 Å². The highest BCUT2D eigenvalue weighted by molar-refractivity contribution is 6.46. The molecule has 1 unspecified atom stereocenters. The summed E-state index contributed by atoms with van der Waals surface area (Å²) in [6, 6.07) is 7.96. The molecule has 1 aliphatic heterocycles. The van der Waals surface area contributed by atoms with Crippen molar-refractivity contribution >= 4 is 17.4 Å². The first kappa shape index (κ1) is 20.1. The highest BCUT2D eigenvalue weighted by atomic mass is 19.1. The number of carbonyl (C=O) groups is 2. The smallest absolute Gasteiger partial charge is 0.295 e. The van der Waals surface area contributed by atoms with Crippen molar-refractivity contribution in [2.75, 3.05) is 7.11 Å². The van der Waals surface area contributed by atoms with E-state index in [2.05, 4.69) is 4.98 Å². The molecule has 1 amide bonds. The molecule has 1 saturated carbocycles. The first-order chi connectivity index (χ1) is 14.5. The Morgan fingerprint density at radius 1 is 1.17 bits per heavy atom. The van der Waals surface area contributed by atoms with Gasteiger partial charge in [-0.1, -0.05) is 25.3 Å². The summed E-state index contributed by atoms with van der Waals surface area (Å²) in [5, 5.41) is 11.1. The topological polar surface area (TPSA) is 79.7 Å². The van der Waals surface area contributed by atoms with Crippen LogP contribution in [0.3, 0.4) is 0 Å². The monoisotopic (exact) mass is 410 g/mol. The van der Waals surface area contributed by atoms with E-state index < -0.39 is 29.3 Å². The third kappa shape index (κ3) is 3.44. The van der Waals surface area contributed by atoms with Crippen LogP contribution in [0, 0.1) is 5.82 Å². The van der Waals surface area contributed by atoms with E-state index in [0.717, 1.165) is 38.2 Å². The van der Waals surface area contributed by atoms with Gasteiger partial charge in [0.25, 0.3) is 11.7 Å². The summed E-state index contributed by atoms with van der Waals surface area (Å²) in [6.07, 6.45) is 6.20. The van der Waals surface area contributed by atoms with Crippen molar-refractivity contribution in [2.45, 2.75) is 44.2 Å². The zero-order chi connectivity index (χ0) is 21.3. The summed E-state index contributed by atoms with van der Waals surface area (Å²) in [4.78, 5) is 32.0. The van der Waals surface area contributed by atoms with Crippen molar-refractivity contribution in [1.29, 1.82) is 0 Å². The summed E-state index contributed by atoms with van der Waals surface area (Å²) < 4.78 is 19.2. The number of aromatic nitrogens is 1. The Morgan fingerprint density at radius 2 is 1.93 bits per heavy atom. The second-order valence-electron chi connectivity index (χ2n) is 7.60. The number of carbonyl (C=O) groups excluding carboxylic acids is 2. The van der Waals surface area contributed by atoms with Crippen LogP contribution >= 0.6 is 0 Å². The minimum atomic E-state index is -0.831. The van der Waals surface area contributed by atoms with Gasteiger partial charge in [0.2, 0.25) is 0 Å². The summed E-state index contributed by atoms with van der Waals surface area (Å²) in [6.45, 7) is 0. The quantitative estimate of drug-likeness (QED) is 0.469. The number of hydrogen-bond acceptors (Lipinski definition) is 5. The molecule has 1 aliphatic carbocycles. The molecule has 1 N–H and O–H groups in total. The number of rotatable bonds is 4. The maximum absolute atomic E-state index is 13.9. The van der Waals surface area contributed by atoms with Crippen molar-refractivity contribution in [1.82, 2.24) is 9.88 Å². The highest BCUT2D eigenvalue weighted by Crippen LogP contribution is 2.43. The lowest BCUT2D eigenvalue weighted by Gasteiger charge is -2.35. The highest BCUT2D eigenvalue weighted by Gasteiger charge is 2.49. The number of ether oxygens (including phenoxy) is 1. The Hall–Kier alpha value is -3.22. The molecule has 1 saturated heterocycles. The van der Waals surface area contributed by atoms with Crippen LogP contribution in [0.4, 0.5) is 4.39 Å². The molecule has 0 bridgehead atoms. The molecule has 4 rings (SSSR count). The molecule has 2 fully saturated rings. The van der Waals surface area contributed by atoms with Crippen LogP contribution in [0.1, 0.15) is 49.4 Å². The summed E-state index contributed by atoms with van der Waals surface area (Å²) in [5.41, 5.74) is 0.424. The predicted molar refractivity (Wildman–Crippen MR) is 108 cm³/mol. The van der Waals surface area contributed by atoms with Gasteiger partial charge < -0.3 is 14.7 Å². The number of Topliss-reactive ketones (excluding diaryl/α,β-unsaturated/α-hetero) is 1. The average Bonchev–Trinajstić information content (AvgIpc) is 3.05. The van der Waals surface area contributed by atoms with E-state index in [1.165, 1.54) is 19.2 Å². The number of pyridine rings is 1. The lowest BCUT2D eigenvalue weighted by Crippen LogP contribution is -2.40. The molecule has 2 aliphatic rings. The van der Waals surface area contributed by atoms with E-state index in [1.807, 2.05) is 0 Å². The van der Waals surface area contributed by atoms with Crippen molar-refractivity contribution in [2.24, 2.45) is 0 Å². The fraction of sp³-hybridized carbons (Fsp3) is 0.348. The molecule has 156 valence electrons. The molecule has 1 atom stereocenters. The number of nitrogens with zero attached hydrogens (tertiary/aromatic N) is 2. The largest absolute Gasteiger partial charge is 0.507 e. The molecule has 1 aromatic carbocycles. The predicted octanol–water partition coefficient (Wildman–Crippen LogP) is 3.98. The number of hydrogen-bond donors (Lipinski definition) is 1. The molecular formula is C23H23FN2O4. The Kier molecular flexibility index (Phi) is 5.53. The Bertz CT molecular complexity index is 1000. The molecule has 1 aromatic heterocycles. The molecule has 7 heteroatoms. The third-order valence-electron chi connectivity index (χ3n) is 5.83. The fourth-order valence-electron chi connectivity index (χ4n) is 4.42. The zero-order valence-corrected chi connectivity index (χ0v) is 16.7. The summed E-state index contributed by atoms with van der Waals surface area (Å²) in [7, 11) is 1.39. The van der Waals surface area contributed by atoms with Crippen LogP contribution in [0.5, 0.6) is 5.75 Å². The maximum Gasteiger partial charge on any atom is 0.295 e. The van der Waals surface area contributed by atoms with Gasteiger partial charge in [0.15, 0.2) is 0 Å². The van der Waals surface area contributed by atoms with E-state index in [-0.39, 0.29) is 22.9 Å². The van der Waals surface area contributed by atoms with Crippen molar-refractivity contribution in [3.8, 4) is 5.75 Å². The summed E-state index contributed by atoms with van der Waals surface area (Å²) >= 11 is 0. The van der Waals surface area contributed by atoms with Crippen molar-refractivity contribution in [3.63, 3.8) is 0 Å². The fourth-order valence-corrected chi connectivity index (χ4v) is 4.42. The van der Waals surface area contributed by atoms with E-state index in [0.29, 0.717) is 5.69 Å². The van der Waals surface area contributed by atoms with E-state index in [9.17, 15) is 19.1 Å². The van der Waals surface area contributed by atoms with Crippen LogP contribution in [0.25, 0.3) is 5.76 Å². The minimum Gasteiger partial charge on any atom is -0.507 e. The molecule has 2 heterocycles. The minimum absolute atomic E-state index is 0.0278. The van der Waals surface area contributed by atoms with Gasteiger partial charge in [0.05, 0.1) is 23.9 Å². The SMILES string of the molecule is COc1ccc(F)cc1/C(O)=C1\C(=O)C(=O)N(C2CCCCC2)C1c1ccccn1. The van der Waals surface area contributed by atoms with E-state index in [1.54, 1.807) is 29.3 Å². The average molecular weight is 410 g/mol. The number of benzene rings is 1. The van der Waals surface area contributed by atoms with Crippen LogP contribution < -0.4 is 4.74 Å². The maximum atomic E-state index is 13.9. The lowest BCUT2D eigenvalue weighted by molar-refractivity contribution is -0.141.